The Morgan fingerprint density at radius 3 is 1.59 bits per heavy atom. The first-order valence-corrected chi connectivity index (χ1v) is 22.3. The number of H-pyrrole nitrogens is 1. The van der Waals surface area contributed by atoms with Gasteiger partial charge in [-0.1, -0.05) is 45.9 Å². The summed E-state index contributed by atoms with van der Waals surface area (Å²) >= 11 is 0. The molecule has 0 aliphatic heterocycles. The molecule has 8 atom stereocenters. The smallest absolute Gasteiger partial charge is 0.326 e. The third-order valence-corrected chi connectivity index (χ3v) is 10.5. The summed E-state index contributed by atoms with van der Waals surface area (Å²) in [6.07, 6.45) is -0.926. The number of hydrogen-bond donors (Lipinski definition) is 15. The molecule has 1 aromatic heterocycles. The van der Waals surface area contributed by atoms with E-state index in [1.54, 1.807) is 44.3 Å². The van der Waals surface area contributed by atoms with E-state index in [2.05, 4.69) is 46.9 Å². The van der Waals surface area contributed by atoms with Crippen molar-refractivity contribution < 1.29 is 53.7 Å². The van der Waals surface area contributed by atoms with E-state index in [9.17, 15) is 53.7 Å². The first-order valence-electron chi connectivity index (χ1n) is 22.3. The van der Waals surface area contributed by atoms with Crippen LogP contribution < -0.4 is 60.6 Å². The summed E-state index contributed by atoms with van der Waals surface area (Å²) in [7, 11) is 0. The van der Waals surface area contributed by atoms with Crippen LogP contribution in [0.25, 0.3) is 10.9 Å². The molecular formula is C43H70N14O11. The van der Waals surface area contributed by atoms with Gasteiger partial charge in [-0.05, 0) is 68.9 Å². The Morgan fingerprint density at radius 2 is 1.10 bits per heavy atom. The molecule has 378 valence electrons. The van der Waals surface area contributed by atoms with Crippen LogP contribution in [0.5, 0.6) is 0 Å². The number of carbonyl (C=O) groups is 8. The highest BCUT2D eigenvalue weighted by Crippen LogP contribution is 2.20. The van der Waals surface area contributed by atoms with Gasteiger partial charge in [-0.25, -0.2) is 4.79 Å². The largest absolute Gasteiger partial charge is 0.481 e. The van der Waals surface area contributed by atoms with Gasteiger partial charge < -0.3 is 80.9 Å². The van der Waals surface area contributed by atoms with Gasteiger partial charge in [-0.3, -0.25) is 43.5 Å². The molecule has 25 nitrogen and oxygen atoms in total. The van der Waals surface area contributed by atoms with Crippen molar-refractivity contribution in [1.82, 2.24) is 36.9 Å². The lowest BCUT2D eigenvalue weighted by atomic mass is 10.0. The number of guanidine groups is 2. The van der Waals surface area contributed by atoms with Crippen molar-refractivity contribution in [2.24, 2.45) is 50.5 Å². The number of nitrogens with one attached hydrogen (secondary N) is 7. The van der Waals surface area contributed by atoms with Crippen LogP contribution in [0.4, 0.5) is 0 Å². The van der Waals surface area contributed by atoms with Crippen LogP contribution in [0.1, 0.15) is 85.1 Å². The van der Waals surface area contributed by atoms with Gasteiger partial charge in [0.2, 0.25) is 35.4 Å². The number of amides is 6. The molecule has 1 heterocycles. The number of aliphatic imine (C=N–C) groups is 2. The number of aromatic nitrogens is 1. The fraction of sp³-hybridized carbons (Fsp3) is 0.581. The lowest BCUT2D eigenvalue weighted by Crippen LogP contribution is -2.62. The van der Waals surface area contributed by atoms with E-state index in [0.717, 1.165) is 6.92 Å². The molecule has 6 amide bonds. The van der Waals surface area contributed by atoms with Gasteiger partial charge in [0.05, 0.1) is 12.1 Å². The average Bonchev–Trinajstić information content (AvgIpc) is 3.66. The van der Waals surface area contributed by atoms with E-state index in [1.807, 2.05) is 13.8 Å². The van der Waals surface area contributed by atoms with Crippen LogP contribution >= 0.6 is 0 Å². The van der Waals surface area contributed by atoms with Crippen molar-refractivity contribution in [1.29, 1.82) is 0 Å². The third kappa shape index (κ3) is 19.8. The van der Waals surface area contributed by atoms with Crippen LogP contribution in [-0.4, -0.2) is 141 Å². The van der Waals surface area contributed by atoms with Crippen LogP contribution in [0.3, 0.4) is 0 Å². The predicted octanol–water partition coefficient (Wildman–Crippen LogP) is -2.91. The minimum atomic E-state index is -1.81. The lowest BCUT2D eigenvalue weighted by Gasteiger charge is -2.28. The van der Waals surface area contributed by atoms with Gasteiger partial charge >= 0.3 is 11.9 Å². The Hall–Kier alpha value is -7.02. The minimum Gasteiger partial charge on any atom is -0.481 e. The number of benzene rings is 1. The van der Waals surface area contributed by atoms with Crippen molar-refractivity contribution in [2.45, 2.75) is 134 Å². The van der Waals surface area contributed by atoms with E-state index in [4.69, 9.17) is 28.7 Å². The van der Waals surface area contributed by atoms with Gasteiger partial charge in [-0.15, -0.1) is 0 Å². The second-order valence-electron chi connectivity index (χ2n) is 17.2. The van der Waals surface area contributed by atoms with Crippen molar-refractivity contribution in [3.63, 3.8) is 0 Å². The zero-order valence-corrected chi connectivity index (χ0v) is 39.1. The molecule has 0 saturated carbocycles. The monoisotopic (exact) mass is 959 g/mol. The number of aliphatic hydroxyl groups excluding tert-OH is 1. The number of fused-ring (bicyclic) bond motifs is 1. The molecule has 68 heavy (non-hydrogen) atoms. The third-order valence-electron chi connectivity index (χ3n) is 10.5. The number of carboxylic acids is 2. The van der Waals surface area contributed by atoms with Crippen molar-refractivity contribution in [3.8, 4) is 0 Å². The van der Waals surface area contributed by atoms with E-state index in [-0.39, 0.29) is 63.0 Å². The summed E-state index contributed by atoms with van der Waals surface area (Å²) in [5, 5.41) is 45.8. The van der Waals surface area contributed by atoms with Gasteiger partial charge in [0.15, 0.2) is 11.9 Å². The van der Waals surface area contributed by atoms with Crippen LogP contribution in [-0.2, 0) is 44.8 Å². The van der Waals surface area contributed by atoms with Crippen molar-refractivity contribution in [2.75, 3.05) is 13.1 Å². The van der Waals surface area contributed by atoms with Gasteiger partial charge in [-0.2, -0.15) is 0 Å². The lowest BCUT2D eigenvalue weighted by molar-refractivity contribution is -0.143. The Morgan fingerprint density at radius 1 is 0.632 bits per heavy atom. The number of carboxylic acid groups (broad SMARTS) is 2. The van der Waals surface area contributed by atoms with Crippen LogP contribution in [0, 0.1) is 11.8 Å². The highest BCUT2D eigenvalue weighted by molar-refractivity contribution is 5.97. The number of nitrogens with two attached hydrogens (primary N) is 5. The van der Waals surface area contributed by atoms with Crippen LogP contribution in [0.2, 0.25) is 0 Å². The SMILES string of the molecule is CC(C)C[C@H](N)C(=O)N[C@@H](CCCN=C(N)N)C(=O)N[C@@H](CCCN=C(N)N)C(=O)N[C@@H](CCC(=O)O)C(=O)N[C@H](C(=O)N[C@@H](Cc1c[nH]c2ccccc12)C(=O)N[C@H](C(=O)O)C(C)C)[C@@H](C)O. The second kappa shape index (κ2) is 28.2. The maximum absolute atomic E-state index is 14.1. The number of aliphatic carboxylic acids is 2. The quantitative estimate of drug-likeness (QED) is 0.0212. The fourth-order valence-electron chi connectivity index (χ4n) is 6.94. The zero-order valence-electron chi connectivity index (χ0n) is 39.1. The summed E-state index contributed by atoms with van der Waals surface area (Å²) in [4.78, 5) is 117. The maximum Gasteiger partial charge on any atom is 0.326 e. The summed E-state index contributed by atoms with van der Waals surface area (Å²) in [6.45, 7) is 8.14. The highest BCUT2D eigenvalue weighted by atomic mass is 16.4. The van der Waals surface area contributed by atoms with E-state index in [0.29, 0.717) is 22.9 Å². The summed E-state index contributed by atoms with van der Waals surface area (Å²) in [6, 6.07) is -2.86. The molecule has 20 N–H and O–H groups in total. The average molecular weight is 959 g/mol. The second-order valence-corrected chi connectivity index (χ2v) is 17.2. The number of aromatic amines is 1. The number of carbonyl (C=O) groups excluding carboxylic acids is 6. The van der Waals surface area contributed by atoms with E-state index >= 15 is 0 Å². The standard InChI is InChI=1S/C43H70N14O11/c1-21(2)18-26(44)35(61)52-28(12-8-16-49-42(45)46)36(62)53-29(13-9-17-50-43(47)48)37(63)54-30(14-15-32(59)60)38(64)57-34(23(5)58)40(66)55-31(39(65)56-33(22(3)4)41(67)68)19-24-20-51-27-11-7-6-10-25(24)27/h6-7,10-11,20-23,26,28-31,33-34,51,58H,8-9,12-19,44H2,1-5H3,(H,52,61)(H,53,62)(H,54,63)(H,55,66)(H,56,65)(H,57,64)(H,59,60)(H,67,68)(H4,45,46,49)(H4,47,48,50)/t23-,26+,28+,29+,30+,31+,33+,34+/m1/s1. The Bertz CT molecular complexity index is 2100. The highest BCUT2D eigenvalue weighted by Gasteiger charge is 2.36. The van der Waals surface area contributed by atoms with Crippen molar-refractivity contribution >= 4 is 70.2 Å². The topological polar surface area (TPSA) is 440 Å². The first-order chi connectivity index (χ1) is 31.9. The van der Waals surface area contributed by atoms with Gasteiger partial charge in [0.1, 0.15) is 36.3 Å². The zero-order chi connectivity index (χ0) is 51.2. The number of rotatable bonds is 30. The molecular weight excluding hydrogens is 889 g/mol. The molecule has 0 fully saturated rings. The molecule has 2 rings (SSSR count). The molecule has 0 spiro atoms. The van der Waals surface area contributed by atoms with E-state index < -0.39 is 115 Å². The molecule has 0 bridgehead atoms. The summed E-state index contributed by atoms with van der Waals surface area (Å²) in [5.41, 5.74) is 29.2. The molecule has 1 aromatic carbocycles. The van der Waals surface area contributed by atoms with Gasteiger partial charge in [0.25, 0.3) is 0 Å². The van der Waals surface area contributed by atoms with E-state index in [1.165, 1.54) is 0 Å². The maximum atomic E-state index is 14.1. The summed E-state index contributed by atoms with van der Waals surface area (Å²) < 4.78 is 0. The predicted molar refractivity (Wildman–Crippen MR) is 252 cm³/mol. The Balaban J connectivity index is 2.47. The molecule has 25 heteroatoms. The first kappa shape index (κ1) is 57.1. The normalized spacial score (nSPS) is 14.7. The number of hydrogen-bond acceptors (Lipinski definition) is 12. The molecule has 0 aliphatic rings. The molecule has 0 radical (unpaired) electrons. The number of aliphatic hydroxyl groups is 1. The molecule has 0 aliphatic carbocycles. The number of para-hydroxylation sites is 1. The Kier molecular flexibility index (Phi) is 23.7. The fourth-order valence-corrected chi connectivity index (χ4v) is 6.94. The van der Waals surface area contributed by atoms with Crippen LogP contribution in [0.15, 0.2) is 40.4 Å². The number of nitrogens with zero attached hydrogens (tertiary/aromatic N) is 2. The van der Waals surface area contributed by atoms with Gasteiger partial charge in [0, 0.05) is 43.0 Å². The molecule has 2 aromatic rings. The molecule has 0 saturated heterocycles. The minimum absolute atomic E-state index is 0.000303. The van der Waals surface area contributed by atoms with Crippen molar-refractivity contribution in [3.05, 3.63) is 36.0 Å². The molecule has 0 unspecified atom stereocenters. The Labute approximate surface area is 394 Å². The summed E-state index contributed by atoms with van der Waals surface area (Å²) in [5.74, 6) is -9.17.